The van der Waals surface area contributed by atoms with Gasteiger partial charge in [-0.1, -0.05) is 17.7 Å². The molecule has 4 aromatic rings. The van der Waals surface area contributed by atoms with Gasteiger partial charge < -0.3 is 9.52 Å². The first-order valence-electron chi connectivity index (χ1n) is 8.45. The van der Waals surface area contributed by atoms with Crippen LogP contribution in [0.1, 0.15) is 17.2 Å². The number of benzene rings is 2. The number of hydrogen-bond donors (Lipinski definition) is 1. The summed E-state index contributed by atoms with van der Waals surface area (Å²) in [5, 5.41) is 11.6. The van der Waals surface area contributed by atoms with E-state index in [4.69, 9.17) is 16.0 Å². The zero-order valence-electron chi connectivity index (χ0n) is 14.4. The van der Waals surface area contributed by atoms with E-state index in [0.717, 1.165) is 12.1 Å². The van der Waals surface area contributed by atoms with Gasteiger partial charge in [0.1, 0.15) is 23.5 Å². The molecule has 1 N–H and O–H groups in total. The number of nitrogens with zero attached hydrogens (tertiary/aromatic N) is 1. The summed E-state index contributed by atoms with van der Waals surface area (Å²) in [4.78, 5) is 4.03. The number of halogens is 3. The maximum atomic E-state index is 14.5. The molecule has 1 unspecified atom stereocenters. The Balaban J connectivity index is 1.93. The van der Waals surface area contributed by atoms with Crippen molar-refractivity contribution >= 4 is 11.6 Å². The topological polar surface area (TPSA) is 46.3 Å². The fourth-order valence-corrected chi connectivity index (χ4v) is 3.21. The van der Waals surface area contributed by atoms with Crippen LogP contribution in [-0.2, 0) is 0 Å². The number of rotatable bonds is 4. The first-order chi connectivity index (χ1) is 13.5. The molecule has 6 heteroatoms. The molecule has 0 aliphatic carbocycles. The van der Waals surface area contributed by atoms with Crippen LogP contribution in [-0.4, -0.2) is 10.1 Å². The van der Waals surface area contributed by atoms with Crippen LogP contribution in [0.25, 0.3) is 22.5 Å². The molecule has 0 saturated carbocycles. The Kier molecular flexibility index (Phi) is 4.94. The van der Waals surface area contributed by atoms with Gasteiger partial charge in [0, 0.05) is 51.3 Å². The highest BCUT2D eigenvalue weighted by molar-refractivity contribution is 6.30. The monoisotopic (exact) mass is 397 g/mol. The lowest BCUT2D eigenvalue weighted by Gasteiger charge is -2.14. The molecule has 0 saturated heterocycles. The minimum atomic E-state index is -1.13. The van der Waals surface area contributed by atoms with Crippen LogP contribution in [0, 0.1) is 11.6 Å². The average molecular weight is 398 g/mol. The van der Waals surface area contributed by atoms with E-state index in [1.807, 2.05) is 0 Å². The summed E-state index contributed by atoms with van der Waals surface area (Å²) in [6.07, 6.45) is 3.34. The van der Waals surface area contributed by atoms with Crippen molar-refractivity contribution in [2.24, 2.45) is 0 Å². The van der Waals surface area contributed by atoms with Crippen molar-refractivity contribution in [3.63, 3.8) is 0 Å². The Hall–Kier alpha value is -3.02. The molecular formula is C22H14ClF2NO2. The molecule has 0 fully saturated rings. The molecular weight excluding hydrogens is 384 g/mol. The van der Waals surface area contributed by atoms with Gasteiger partial charge in [0.2, 0.25) is 0 Å². The third-order valence-corrected chi connectivity index (χ3v) is 4.68. The molecule has 2 aromatic carbocycles. The highest BCUT2D eigenvalue weighted by Gasteiger charge is 2.26. The Morgan fingerprint density at radius 2 is 1.79 bits per heavy atom. The van der Waals surface area contributed by atoms with Gasteiger partial charge in [-0.3, -0.25) is 4.98 Å². The van der Waals surface area contributed by atoms with Crippen LogP contribution in [0.2, 0.25) is 5.02 Å². The third kappa shape index (κ3) is 3.42. The normalized spacial score (nSPS) is 12.1. The second-order valence-electron chi connectivity index (χ2n) is 6.21. The molecule has 140 valence electrons. The quantitative estimate of drug-likeness (QED) is 0.458. The number of aliphatic hydroxyl groups is 1. The van der Waals surface area contributed by atoms with E-state index in [-0.39, 0.29) is 5.56 Å². The Bertz CT molecular complexity index is 1110. The van der Waals surface area contributed by atoms with E-state index in [0.29, 0.717) is 33.0 Å². The number of aromatic nitrogens is 1. The molecule has 28 heavy (non-hydrogen) atoms. The summed E-state index contributed by atoms with van der Waals surface area (Å²) >= 11 is 5.96. The van der Waals surface area contributed by atoms with E-state index in [2.05, 4.69) is 4.98 Å². The van der Waals surface area contributed by atoms with Crippen LogP contribution in [0.15, 0.2) is 77.7 Å². The predicted octanol–water partition coefficient (Wildman–Crippen LogP) is 6.02. The van der Waals surface area contributed by atoms with Gasteiger partial charge in [0.05, 0.1) is 6.26 Å². The van der Waals surface area contributed by atoms with Gasteiger partial charge in [0.15, 0.2) is 0 Å². The first-order valence-corrected chi connectivity index (χ1v) is 8.83. The van der Waals surface area contributed by atoms with Crippen molar-refractivity contribution < 1.29 is 18.3 Å². The van der Waals surface area contributed by atoms with Crippen LogP contribution in [0.3, 0.4) is 0 Å². The fraction of sp³-hybridized carbons (Fsp3) is 0.0455. The van der Waals surface area contributed by atoms with Gasteiger partial charge in [-0.05, 0) is 42.5 Å². The number of hydrogen-bond acceptors (Lipinski definition) is 3. The third-order valence-electron chi connectivity index (χ3n) is 4.43. The second-order valence-corrected chi connectivity index (χ2v) is 6.65. The minimum absolute atomic E-state index is 0.128. The zero-order chi connectivity index (χ0) is 19.7. The summed E-state index contributed by atoms with van der Waals surface area (Å²) in [6.45, 7) is 0. The summed E-state index contributed by atoms with van der Waals surface area (Å²) in [5.74, 6) is -1.06. The molecule has 0 bridgehead atoms. The summed E-state index contributed by atoms with van der Waals surface area (Å²) < 4.78 is 33.5. The van der Waals surface area contributed by atoms with Gasteiger partial charge in [0.25, 0.3) is 0 Å². The van der Waals surface area contributed by atoms with Crippen LogP contribution in [0.4, 0.5) is 8.78 Å². The Morgan fingerprint density at radius 1 is 1.00 bits per heavy atom. The lowest BCUT2D eigenvalue weighted by Crippen LogP contribution is -2.03. The molecule has 1 atom stereocenters. The maximum absolute atomic E-state index is 14.5. The van der Waals surface area contributed by atoms with Crippen molar-refractivity contribution in [3.8, 4) is 22.5 Å². The van der Waals surface area contributed by atoms with E-state index in [1.54, 1.807) is 42.6 Å². The molecule has 3 nitrogen and oxygen atoms in total. The fourth-order valence-electron chi connectivity index (χ4n) is 3.08. The molecule has 4 rings (SSSR count). The van der Waals surface area contributed by atoms with Crippen molar-refractivity contribution in [1.29, 1.82) is 0 Å². The number of pyridine rings is 1. The SMILES string of the molecule is OC(c1cccnc1)c1c(-c2ccc(F)cc2F)coc1-c1ccc(Cl)cc1. The van der Waals surface area contributed by atoms with Gasteiger partial charge in [-0.2, -0.15) is 0 Å². The summed E-state index contributed by atoms with van der Waals surface area (Å²) in [5.41, 5.74) is 2.00. The highest BCUT2D eigenvalue weighted by Crippen LogP contribution is 2.41. The van der Waals surface area contributed by atoms with E-state index in [1.165, 1.54) is 18.5 Å². The largest absolute Gasteiger partial charge is 0.463 e. The van der Waals surface area contributed by atoms with Crippen LogP contribution < -0.4 is 0 Å². The molecule has 0 spiro atoms. The van der Waals surface area contributed by atoms with E-state index >= 15 is 0 Å². The second kappa shape index (κ2) is 7.54. The first kappa shape index (κ1) is 18.3. The van der Waals surface area contributed by atoms with E-state index in [9.17, 15) is 13.9 Å². The van der Waals surface area contributed by atoms with Crippen LogP contribution in [0.5, 0.6) is 0 Å². The molecule has 0 aliphatic rings. The summed E-state index contributed by atoms with van der Waals surface area (Å²) in [7, 11) is 0. The molecule has 2 heterocycles. The molecule has 0 aliphatic heterocycles. The molecule has 0 amide bonds. The number of furan rings is 1. The minimum Gasteiger partial charge on any atom is -0.463 e. The van der Waals surface area contributed by atoms with Crippen molar-refractivity contribution in [3.05, 3.63) is 101 Å². The van der Waals surface area contributed by atoms with Gasteiger partial charge in [-0.25, -0.2) is 8.78 Å². The Labute approximate surface area is 164 Å². The van der Waals surface area contributed by atoms with Gasteiger partial charge >= 0.3 is 0 Å². The Morgan fingerprint density at radius 3 is 2.46 bits per heavy atom. The molecule has 2 aromatic heterocycles. The highest BCUT2D eigenvalue weighted by atomic mass is 35.5. The smallest absolute Gasteiger partial charge is 0.140 e. The molecule has 0 radical (unpaired) electrons. The standard InChI is InChI=1S/C22H14ClF2NO2/c23-15-5-3-13(4-6-15)22-20(21(27)14-2-1-9-26-11-14)18(12-28-22)17-8-7-16(24)10-19(17)25/h1-12,21,27H. The average Bonchev–Trinajstić information content (AvgIpc) is 3.13. The van der Waals surface area contributed by atoms with Crippen molar-refractivity contribution in [2.75, 3.05) is 0 Å². The van der Waals surface area contributed by atoms with Crippen molar-refractivity contribution in [1.82, 2.24) is 4.98 Å². The summed E-state index contributed by atoms with van der Waals surface area (Å²) in [6, 6.07) is 13.5. The van der Waals surface area contributed by atoms with Crippen molar-refractivity contribution in [2.45, 2.75) is 6.10 Å². The lowest BCUT2D eigenvalue weighted by atomic mass is 9.93. The predicted molar refractivity (Wildman–Crippen MR) is 103 cm³/mol. The lowest BCUT2D eigenvalue weighted by molar-refractivity contribution is 0.220. The maximum Gasteiger partial charge on any atom is 0.140 e. The van der Waals surface area contributed by atoms with Gasteiger partial charge in [-0.15, -0.1) is 0 Å². The number of aliphatic hydroxyl groups excluding tert-OH is 1. The van der Waals surface area contributed by atoms with Crippen LogP contribution >= 0.6 is 11.6 Å². The van der Waals surface area contributed by atoms with E-state index < -0.39 is 17.7 Å². The zero-order valence-corrected chi connectivity index (χ0v) is 15.2.